The summed E-state index contributed by atoms with van der Waals surface area (Å²) in [7, 11) is 0. The van der Waals surface area contributed by atoms with Gasteiger partial charge >= 0.3 is 5.97 Å². The second kappa shape index (κ2) is 7.38. The minimum absolute atomic E-state index is 0.0287. The van der Waals surface area contributed by atoms with Gasteiger partial charge in [-0.05, 0) is 42.5 Å². The van der Waals surface area contributed by atoms with Crippen LogP contribution in [0.15, 0.2) is 54.1 Å². The highest BCUT2D eigenvalue weighted by Crippen LogP contribution is 2.51. The SMILES string of the molecule is NC(=O)C1=C2c3c(OCC(=O)O)cccc3N(Cc3ccccc3)C2CCC1. The van der Waals surface area contributed by atoms with Gasteiger partial charge in [0.05, 0.1) is 6.04 Å². The number of ether oxygens (including phenoxy) is 1. The Labute approximate surface area is 163 Å². The van der Waals surface area contributed by atoms with E-state index in [1.54, 1.807) is 6.07 Å². The van der Waals surface area contributed by atoms with E-state index in [0.29, 0.717) is 24.3 Å². The lowest BCUT2D eigenvalue weighted by molar-refractivity contribution is -0.139. The molecule has 144 valence electrons. The van der Waals surface area contributed by atoms with Crippen molar-refractivity contribution in [3.05, 3.63) is 65.2 Å². The Kier molecular flexibility index (Phi) is 4.77. The van der Waals surface area contributed by atoms with Crippen molar-refractivity contribution in [2.75, 3.05) is 11.5 Å². The first-order valence-electron chi connectivity index (χ1n) is 9.37. The molecule has 1 aliphatic carbocycles. The van der Waals surface area contributed by atoms with E-state index in [4.69, 9.17) is 15.6 Å². The van der Waals surface area contributed by atoms with Crippen molar-refractivity contribution in [2.45, 2.75) is 31.8 Å². The van der Waals surface area contributed by atoms with Crippen molar-refractivity contribution in [3.63, 3.8) is 0 Å². The molecule has 1 atom stereocenters. The fourth-order valence-electron chi connectivity index (χ4n) is 4.27. The summed E-state index contributed by atoms with van der Waals surface area (Å²) in [5.41, 5.74) is 10.1. The average molecular weight is 378 g/mol. The van der Waals surface area contributed by atoms with Crippen molar-refractivity contribution < 1.29 is 19.4 Å². The van der Waals surface area contributed by atoms with Crippen molar-refractivity contribution in [3.8, 4) is 5.75 Å². The number of fused-ring (bicyclic) bond motifs is 3. The molecule has 2 aromatic carbocycles. The molecule has 0 spiro atoms. The summed E-state index contributed by atoms with van der Waals surface area (Å²) in [5.74, 6) is -0.975. The molecule has 1 unspecified atom stereocenters. The largest absolute Gasteiger partial charge is 0.481 e. The van der Waals surface area contributed by atoms with Gasteiger partial charge in [-0.2, -0.15) is 0 Å². The zero-order chi connectivity index (χ0) is 19.7. The maximum atomic E-state index is 12.2. The van der Waals surface area contributed by atoms with Crippen molar-refractivity contribution in [1.29, 1.82) is 0 Å². The number of hydrogen-bond donors (Lipinski definition) is 2. The standard InChI is InChI=1S/C22H22N2O4/c23-22(27)15-8-4-9-16-20(15)21-17(10-5-11-18(21)28-13-19(25)26)24(16)12-14-6-2-1-3-7-14/h1-3,5-7,10-11,16H,4,8-9,12-13H2,(H2,23,27)(H,25,26). The first kappa shape index (κ1) is 18.1. The van der Waals surface area contributed by atoms with Crippen LogP contribution in [0.4, 0.5) is 5.69 Å². The van der Waals surface area contributed by atoms with Crippen LogP contribution in [-0.2, 0) is 16.1 Å². The number of amides is 1. The number of nitrogens with two attached hydrogens (primary N) is 1. The second-order valence-corrected chi connectivity index (χ2v) is 7.11. The van der Waals surface area contributed by atoms with E-state index in [-0.39, 0.29) is 6.04 Å². The number of carboxylic acid groups (broad SMARTS) is 1. The zero-order valence-corrected chi connectivity index (χ0v) is 15.4. The van der Waals surface area contributed by atoms with Crippen LogP contribution in [0.25, 0.3) is 5.57 Å². The lowest BCUT2D eigenvalue weighted by atomic mass is 9.85. The minimum Gasteiger partial charge on any atom is -0.481 e. The summed E-state index contributed by atoms with van der Waals surface area (Å²) in [4.78, 5) is 25.4. The zero-order valence-electron chi connectivity index (χ0n) is 15.4. The topological polar surface area (TPSA) is 92.9 Å². The first-order valence-corrected chi connectivity index (χ1v) is 9.37. The van der Waals surface area contributed by atoms with Crippen LogP contribution in [0, 0.1) is 0 Å². The monoisotopic (exact) mass is 378 g/mol. The number of carbonyl (C=O) groups is 2. The number of benzene rings is 2. The Bertz CT molecular complexity index is 952. The summed E-state index contributed by atoms with van der Waals surface area (Å²) in [6.45, 7) is 0.259. The average Bonchev–Trinajstić information content (AvgIpc) is 3.01. The molecular weight excluding hydrogens is 356 g/mol. The van der Waals surface area contributed by atoms with E-state index in [1.807, 2.05) is 30.3 Å². The van der Waals surface area contributed by atoms with Gasteiger partial charge in [-0.1, -0.05) is 36.4 Å². The molecule has 0 saturated carbocycles. The Morgan fingerprint density at radius 3 is 2.64 bits per heavy atom. The third-order valence-corrected chi connectivity index (χ3v) is 5.37. The maximum absolute atomic E-state index is 12.2. The molecule has 0 fully saturated rings. The molecule has 2 aliphatic rings. The smallest absolute Gasteiger partial charge is 0.341 e. The van der Waals surface area contributed by atoms with Crippen LogP contribution in [0.2, 0.25) is 0 Å². The van der Waals surface area contributed by atoms with Gasteiger partial charge in [0.25, 0.3) is 0 Å². The number of primary amides is 1. The molecule has 6 nitrogen and oxygen atoms in total. The number of carbonyl (C=O) groups excluding carboxylic acids is 1. The van der Waals surface area contributed by atoms with Gasteiger partial charge in [-0.25, -0.2) is 4.79 Å². The van der Waals surface area contributed by atoms with E-state index in [0.717, 1.165) is 35.2 Å². The lowest BCUT2D eigenvalue weighted by Crippen LogP contribution is -2.34. The van der Waals surface area contributed by atoms with Crippen LogP contribution in [-0.4, -0.2) is 29.6 Å². The van der Waals surface area contributed by atoms with Gasteiger partial charge in [-0.3, -0.25) is 4.79 Å². The lowest BCUT2D eigenvalue weighted by Gasteiger charge is -2.31. The molecule has 2 aromatic rings. The highest BCUT2D eigenvalue weighted by molar-refractivity contribution is 6.06. The molecule has 4 rings (SSSR count). The minimum atomic E-state index is -1.04. The molecule has 0 saturated heterocycles. The van der Waals surface area contributed by atoms with Crippen LogP contribution >= 0.6 is 0 Å². The number of rotatable bonds is 6. The van der Waals surface area contributed by atoms with E-state index in [1.165, 1.54) is 0 Å². The summed E-state index contributed by atoms with van der Waals surface area (Å²) >= 11 is 0. The van der Waals surface area contributed by atoms with Crippen molar-refractivity contribution in [1.82, 2.24) is 0 Å². The predicted molar refractivity (Wildman–Crippen MR) is 106 cm³/mol. The number of anilines is 1. The van der Waals surface area contributed by atoms with Crippen LogP contribution in [0.3, 0.4) is 0 Å². The van der Waals surface area contributed by atoms with Gasteiger partial charge in [-0.15, -0.1) is 0 Å². The molecule has 3 N–H and O–H groups in total. The fraction of sp³-hybridized carbons (Fsp3) is 0.273. The number of nitrogens with zero attached hydrogens (tertiary/aromatic N) is 1. The van der Waals surface area contributed by atoms with E-state index >= 15 is 0 Å². The molecule has 0 bridgehead atoms. The summed E-state index contributed by atoms with van der Waals surface area (Å²) in [5, 5.41) is 9.02. The molecule has 0 aromatic heterocycles. The molecule has 1 heterocycles. The molecular formula is C22H22N2O4. The normalized spacial score (nSPS) is 17.9. The summed E-state index contributed by atoms with van der Waals surface area (Å²) in [6, 6.07) is 15.8. The maximum Gasteiger partial charge on any atom is 0.341 e. The molecule has 1 amide bonds. The van der Waals surface area contributed by atoms with Gasteiger partial charge in [0.2, 0.25) is 5.91 Å². The van der Waals surface area contributed by atoms with Crippen LogP contribution < -0.4 is 15.4 Å². The number of hydrogen-bond acceptors (Lipinski definition) is 4. The predicted octanol–water partition coefficient (Wildman–Crippen LogP) is 2.96. The highest BCUT2D eigenvalue weighted by Gasteiger charge is 2.40. The first-order chi connectivity index (χ1) is 13.6. The van der Waals surface area contributed by atoms with Gasteiger partial charge in [0.15, 0.2) is 6.61 Å². The number of carboxylic acids is 1. The third kappa shape index (κ3) is 3.22. The molecule has 1 aliphatic heterocycles. The van der Waals surface area contributed by atoms with E-state index in [2.05, 4.69) is 17.0 Å². The van der Waals surface area contributed by atoms with Crippen molar-refractivity contribution in [2.24, 2.45) is 5.73 Å². The van der Waals surface area contributed by atoms with Gasteiger partial charge < -0.3 is 20.5 Å². The molecule has 28 heavy (non-hydrogen) atoms. The van der Waals surface area contributed by atoms with Gasteiger partial charge in [0, 0.05) is 23.4 Å². The third-order valence-electron chi connectivity index (χ3n) is 5.37. The highest BCUT2D eigenvalue weighted by atomic mass is 16.5. The van der Waals surface area contributed by atoms with E-state index in [9.17, 15) is 9.59 Å². The van der Waals surface area contributed by atoms with E-state index < -0.39 is 18.5 Å². The Balaban J connectivity index is 1.84. The summed E-state index contributed by atoms with van der Waals surface area (Å²) < 4.78 is 5.57. The second-order valence-electron chi connectivity index (χ2n) is 7.11. The fourth-order valence-corrected chi connectivity index (χ4v) is 4.27. The Morgan fingerprint density at radius 1 is 1.14 bits per heavy atom. The van der Waals surface area contributed by atoms with Gasteiger partial charge in [0.1, 0.15) is 5.75 Å². The number of aliphatic carboxylic acids is 1. The molecule has 0 radical (unpaired) electrons. The molecule has 6 heteroatoms. The Morgan fingerprint density at radius 2 is 1.93 bits per heavy atom. The van der Waals surface area contributed by atoms with Crippen molar-refractivity contribution >= 4 is 23.1 Å². The summed E-state index contributed by atoms with van der Waals surface area (Å²) in [6.07, 6.45) is 2.43. The Hall–Kier alpha value is -3.28. The van der Waals surface area contributed by atoms with Crippen LogP contribution in [0.5, 0.6) is 5.75 Å². The van der Waals surface area contributed by atoms with Crippen LogP contribution in [0.1, 0.15) is 30.4 Å². The quantitative estimate of drug-likeness (QED) is 0.806.